The highest BCUT2D eigenvalue weighted by Gasteiger charge is 2.65. The Bertz CT molecular complexity index is 723. The summed E-state index contributed by atoms with van der Waals surface area (Å²) in [6.45, 7) is 4.28. The van der Waals surface area contributed by atoms with E-state index in [1.54, 1.807) is 20.5 Å². The van der Waals surface area contributed by atoms with Crippen molar-refractivity contribution in [2.45, 2.75) is 38.7 Å². The fourth-order valence-corrected chi connectivity index (χ4v) is 5.33. The number of benzene rings is 1. The first kappa shape index (κ1) is 15.6. The van der Waals surface area contributed by atoms with E-state index in [0.717, 1.165) is 18.6 Å². The molecular formula is C20H24O4. The smallest absolute Gasteiger partial charge is 0.317 e. The average molecular weight is 328 g/mol. The summed E-state index contributed by atoms with van der Waals surface area (Å²) >= 11 is 0. The molecule has 4 heteroatoms. The molecule has 2 aliphatic carbocycles. The summed E-state index contributed by atoms with van der Waals surface area (Å²) in [6.07, 6.45) is 5.49. The van der Waals surface area contributed by atoms with Gasteiger partial charge in [0.1, 0.15) is 11.9 Å². The zero-order chi connectivity index (χ0) is 17.1. The van der Waals surface area contributed by atoms with Gasteiger partial charge >= 0.3 is 5.97 Å². The SMILES string of the molecule is COC=C[C@@]12C(=O)O[C@@H](CC1C)[C@H]1Cc3c(ccc(OC)c3C)[C@H]12. The van der Waals surface area contributed by atoms with Gasteiger partial charge in [-0.25, -0.2) is 0 Å². The maximum Gasteiger partial charge on any atom is 0.317 e. The monoisotopic (exact) mass is 328 g/mol. The first-order valence-electron chi connectivity index (χ1n) is 8.62. The van der Waals surface area contributed by atoms with Crippen LogP contribution < -0.4 is 4.74 Å². The van der Waals surface area contributed by atoms with Gasteiger partial charge in [0.05, 0.1) is 25.9 Å². The standard InChI is InChI=1S/C20H24O4/c1-11-9-17-15-10-14-12(2)16(23-4)6-5-13(14)18(15)20(11,7-8-22-3)19(21)24-17/h5-8,11,15,17-18H,9-10H2,1-4H3/t11?,15-,17+,18-,20-/m1/s1. The van der Waals surface area contributed by atoms with E-state index in [-0.39, 0.29) is 23.9 Å². The quantitative estimate of drug-likeness (QED) is 0.630. The second-order valence-corrected chi connectivity index (χ2v) is 7.36. The van der Waals surface area contributed by atoms with Crippen LogP contribution in [0, 0.1) is 24.2 Å². The van der Waals surface area contributed by atoms with Crippen LogP contribution in [0.15, 0.2) is 24.5 Å². The lowest BCUT2D eigenvalue weighted by molar-refractivity contribution is -0.197. The van der Waals surface area contributed by atoms with E-state index in [4.69, 9.17) is 14.2 Å². The summed E-state index contributed by atoms with van der Waals surface area (Å²) in [5.41, 5.74) is 3.18. The molecule has 5 rings (SSSR count). The molecule has 0 N–H and O–H groups in total. The van der Waals surface area contributed by atoms with E-state index in [1.165, 1.54) is 16.7 Å². The Morgan fingerprint density at radius 3 is 2.79 bits per heavy atom. The molecule has 3 fully saturated rings. The topological polar surface area (TPSA) is 44.8 Å². The molecule has 128 valence electrons. The Morgan fingerprint density at radius 2 is 2.12 bits per heavy atom. The van der Waals surface area contributed by atoms with Crippen LogP contribution in [0.5, 0.6) is 5.75 Å². The summed E-state index contributed by atoms with van der Waals surface area (Å²) in [5, 5.41) is 0. The van der Waals surface area contributed by atoms with Crippen molar-refractivity contribution in [2.24, 2.45) is 17.3 Å². The van der Waals surface area contributed by atoms with Crippen LogP contribution in [0.3, 0.4) is 0 Å². The number of carbonyl (C=O) groups is 1. The van der Waals surface area contributed by atoms with Gasteiger partial charge in [0.2, 0.25) is 0 Å². The van der Waals surface area contributed by atoms with Crippen molar-refractivity contribution in [1.29, 1.82) is 0 Å². The zero-order valence-electron chi connectivity index (χ0n) is 14.7. The molecular weight excluding hydrogens is 304 g/mol. The van der Waals surface area contributed by atoms with Gasteiger partial charge in [0, 0.05) is 11.8 Å². The van der Waals surface area contributed by atoms with Gasteiger partial charge in [-0.1, -0.05) is 13.0 Å². The van der Waals surface area contributed by atoms with Crippen LogP contribution in [0.4, 0.5) is 0 Å². The number of fused-ring (bicyclic) bond motifs is 3. The maximum atomic E-state index is 12.9. The minimum atomic E-state index is -0.623. The van der Waals surface area contributed by atoms with Crippen molar-refractivity contribution in [2.75, 3.05) is 14.2 Å². The summed E-state index contributed by atoms with van der Waals surface area (Å²) in [7, 11) is 3.32. The zero-order valence-corrected chi connectivity index (χ0v) is 14.7. The third-order valence-corrected chi connectivity index (χ3v) is 6.49. The van der Waals surface area contributed by atoms with Crippen LogP contribution in [-0.2, 0) is 20.7 Å². The molecule has 24 heavy (non-hydrogen) atoms. The highest BCUT2D eigenvalue weighted by atomic mass is 16.5. The molecule has 0 radical (unpaired) electrons. The Labute approximate surface area is 142 Å². The fraction of sp³-hybridized carbons (Fsp3) is 0.550. The minimum absolute atomic E-state index is 0.0214. The second-order valence-electron chi connectivity index (χ2n) is 7.36. The summed E-state index contributed by atoms with van der Waals surface area (Å²) in [4.78, 5) is 12.9. The number of hydrogen-bond donors (Lipinski definition) is 0. The summed E-state index contributed by atoms with van der Waals surface area (Å²) < 4.78 is 16.5. The van der Waals surface area contributed by atoms with Gasteiger partial charge < -0.3 is 14.2 Å². The van der Waals surface area contributed by atoms with Crippen LogP contribution in [0.1, 0.15) is 36.0 Å². The van der Waals surface area contributed by atoms with Crippen molar-refractivity contribution >= 4 is 5.97 Å². The molecule has 1 aromatic carbocycles. The molecule has 4 aliphatic rings. The Morgan fingerprint density at radius 1 is 1.33 bits per heavy atom. The van der Waals surface area contributed by atoms with Gasteiger partial charge in [-0.2, -0.15) is 0 Å². The molecule has 1 saturated carbocycles. The van der Waals surface area contributed by atoms with Crippen LogP contribution in [-0.4, -0.2) is 26.3 Å². The van der Waals surface area contributed by atoms with Crippen molar-refractivity contribution in [3.8, 4) is 5.75 Å². The molecule has 2 saturated heterocycles. The first-order chi connectivity index (χ1) is 11.5. The summed E-state index contributed by atoms with van der Waals surface area (Å²) in [5.74, 6) is 1.58. The lowest BCUT2D eigenvalue weighted by Crippen LogP contribution is -2.58. The summed E-state index contributed by atoms with van der Waals surface area (Å²) in [6, 6.07) is 4.18. The number of carbonyl (C=O) groups excluding carboxylic acids is 1. The lowest BCUT2D eigenvalue weighted by atomic mass is 9.54. The Hall–Kier alpha value is -1.97. The van der Waals surface area contributed by atoms with Crippen LogP contribution >= 0.6 is 0 Å². The molecule has 2 heterocycles. The van der Waals surface area contributed by atoms with E-state index in [2.05, 4.69) is 19.9 Å². The predicted octanol–water partition coefficient (Wildman–Crippen LogP) is 3.37. The van der Waals surface area contributed by atoms with Crippen molar-refractivity contribution in [3.05, 3.63) is 41.2 Å². The minimum Gasteiger partial charge on any atom is -0.505 e. The van der Waals surface area contributed by atoms with Gasteiger partial charge in [0.25, 0.3) is 0 Å². The molecule has 2 aliphatic heterocycles. The highest BCUT2D eigenvalue weighted by molar-refractivity contribution is 5.84. The number of methoxy groups -OCH3 is 2. The molecule has 1 aromatic rings. The van der Waals surface area contributed by atoms with E-state index < -0.39 is 5.41 Å². The van der Waals surface area contributed by atoms with Crippen LogP contribution in [0.2, 0.25) is 0 Å². The van der Waals surface area contributed by atoms with E-state index in [1.807, 2.05) is 12.1 Å². The number of rotatable bonds is 3. The molecule has 5 atom stereocenters. The third kappa shape index (κ3) is 1.77. The molecule has 2 bridgehead atoms. The predicted molar refractivity (Wildman–Crippen MR) is 89.9 cm³/mol. The fourth-order valence-electron chi connectivity index (χ4n) is 5.33. The van der Waals surface area contributed by atoms with Crippen molar-refractivity contribution < 1.29 is 19.0 Å². The Balaban J connectivity index is 1.91. The lowest BCUT2D eigenvalue weighted by Gasteiger charge is -2.54. The van der Waals surface area contributed by atoms with Crippen molar-refractivity contribution in [3.63, 3.8) is 0 Å². The van der Waals surface area contributed by atoms with Gasteiger partial charge in [-0.15, -0.1) is 0 Å². The maximum absolute atomic E-state index is 12.9. The van der Waals surface area contributed by atoms with Crippen LogP contribution in [0.25, 0.3) is 0 Å². The first-order valence-corrected chi connectivity index (χ1v) is 8.62. The number of ether oxygens (including phenoxy) is 3. The molecule has 0 spiro atoms. The second kappa shape index (κ2) is 5.27. The molecule has 4 nitrogen and oxygen atoms in total. The van der Waals surface area contributed by atoms with E-state index in [9.17, 15) is 4.79 Å². The number of hydrogen-bond acceptors (Lipinski definition) is 4. The largest absolute Gasteiger partial charge is 0.505 e. The van der Waals surface area contributed by atoms with E-state index >= 15 is 0 Å². The van der Waals surface area contributed by atoms with Gasteiger partial charge in [-0.3, -0.25) is 4.79 Å². The highest BCUT2D eigenvalue weighted by Crippen LogP contribution is 2.63. The van der Waals surface area contributed by atoms with E-state index in [0.29, 0.717) is 5.92 Å². The van der Waals surface area contributed by atoms with Gasteiger partial charge in [0.15, 0.2) is 0 Å². The molecule has 0 amide bonds. The Kier molecular flexibility index (Phi) is 3.41. The van der Waals surface area contributed by atoms with Gasteiger partial charge in [-0.05, 0) is 54.5 Å². The third-order valence-electron chi connectivity index (χ3n) is 6.49. The average Bonchev–Trinajstić information content (AvgIpc) is 2.97. The normalized spacial score (nSPS) is 36.4. The number of esters is 1. The molecule has 1 unspecified atom stereocenters. The molecule has 0 aromatic heterocycles. The van der Waals surface area contributed by atoms with Crippen molar-refractivity contribution in [1.82, 2.24) is 0 Å².